The van der Waals surface area contributed by atoms with Gasteiger partial charge in [0.25, 0.3) is 0 Å². The van der Waals surface area contributed by atoms with Crippen LogP contribution < -0.4 is 14.8 Å². The van der Waals surface area contributed by atoms with Crippen molar-refractivity contribution in [3.63, 3.8) is 0 Å². The first-order valence-electron chi connectivity index (χ1n) is 14.9. The van der Waals surface area contributed by atoms with Crippen molar-refractivity contribution in [2.24, 2.45) is 17.8 Å². The van der Waals surface area contributed by atoms with Crippen molar-refractivity contribution in [3.8, 4) is 17.6 Å². The number of carbonyl (C=O) groups is 4. The quantitative estimate of drug-likeness (QED) is 0.236. The molecule has 2 N–H and O–H groups in total. The average molecular weight is 586 g/mol. The molecule has 0 aliphatic heterocycles. The molecule has 0 bridgehead atoms. The van der Waals surface area contributed by atoms with Crippen LogP contribution in [0.5, 0.6) is 11.5 Å². The molecule has 1 heterocycles. The van der Waals surface area contributed by atoms with E-state index in [0.29, 0.717) is 42.0 Å². The number of methoxy groups -OCH3 is 1. The number of benzene rings is 2. The number of ether oxygens (including phenoxy) is 2. The first-order valence-corrected chi connectivity index (χ1v) is 14.9. The molecule has 1 aliphatic rings. The van der Waals surface area contributed by atoms with Crippen molar-refractivity contribution in [2.75, 3.05) is 13.7 Å². The molecule has 2 aromatic carbocycles. The molecular weight excluding hydrogens is 546 g/mol. The van der Waals surface area contributed by atoms with Gasteiger partial charge in [-0.05, 0) is 74.1 Å². The van der Waals surface area contributed by atoms with E-state index in [1.165, 1.54) is 0 Å². The maximum atomic E-state index is 13.7. The van der Waals surface area contributed by atoms with Crippen LogP contribution in [0.3, 0.4) is 0 Å². The number of nitrogens with zero attached hydrogens (tertiary/aromatic N) is 1. The third-order valence-electron chi connectivity index (χ3n) is 7.97. The van der Waals surface area contributed by atoms with Gasteiger partial charge >= 0.3 is 0 Å². The Labute approximate surface area is 251 Å². The monoisotopic (exact) mass is 585 g/mol. The van der Waals surface area contributed by atoms with E-state index >= 15 is 0 Å². The predicted molar refractivity (Wildman–Crippen MR) is 162 cm³/mol. The average Bonchev–Trinajstić information content (AvgIpc) is 3.45. The number of hydrogen-bond acceptors (Lipinski definition) is 7. The highest BCUT2D eigenvalue weighted by Gasteiger charge is 2.33. The molecule has 9 heteroatoms. The van der Waals surface area contributed by atoms with Gasteiger partial charge in [-0.1, -0.05) is 26.3 Å². The Hall–Kier alpha value is -4.45. The summed E-state index contributed by atoms with van der Waals surface area (Å²) >= 11 is 0. The van der Waals surface area contributed by atoms with Gasteiger partial charge in [-0.2, -0.15) is 5.26 Å². The lowest BCUT2D eigenvalue weighted by molar-refractivity contribution is -0.133. The minimum Gasteiger partial charge on any atom is -0.496 e. The number of aromatic nitrogens is 1. The fourth-order valence-electron chi connectivity index (χ4n) is 5.67. The number of nitrogens with one attached hydrogen (secondary N) is 2. The van der Waals surface area contributed by atoms with E-state index in [1.54, 1.807) is 37.4 Å². The Kier molecular flexibility index (Phi) is 10.7. The molecule has 3 atom stereocenters. The van der Waals surface area contributed by atoms with E-state index in [9.17, 15) is 19.2 Å². The summed E-state index contributed by atoms with van der Waals surface area (Å²) in [6.07, 6.45) is 3.49. The van der Waals surface area contributed by atoms with Gasteiger partial charge in [0.05, 0.1) is 30.5 Å². The maximum absolute atomic E-state index is 13.7. The van der Waals surface area contributed by atoms with Crippen molar-refractivity contribution in [1.82, 2.24) is 10.3 Å². The molecule has 9 nitrogen and oxygen atoms in total. The Morgan fingerprint density at radius 2 is 1.88 bits per heavy atom. The molecule has 1 saturated carbocycles. The van der Waals surface area contributed by atoms with Crippen LogP contribution in [0.25, 0.3) is 10.9 Å². The van der Waals surface area contributed by atoms with Crippen molar-refractivity contribution in [1.29, 1.82) is 5.26 Å². The van der Waals surface area contributed by atoms with E-state index in [4.69, 9.17) is 14.7 Å². The number of hydrogen-bond donors (Lipinski definition) is 2. The Bertz CT molecular complexity index is 1500. The van der Waals surface area contributed by atoms with Crippen LogP contribution in [-0.4, -0.2) is 48.0 Å². The van der Waals surface area contributed by atoms with Crippen molar-refractivity contribution < 1.29 is 28.7 Å². The molecule has 1 fully saturated rings. The van der Waals surface area contributed by atoms with E-state index in [0.717, 1.165) is 23.7 Å². The first-order chi connectivity index (χ1) is 20.7. The summed E-state index contributed by atoms with van der Waals surface area (Å²) in [6.45, 7) is 3.66. The number of rotatable bonds is 14. The van der Waals surface area contributed by atoms with E-state index in [2.05, 4.69) is 10.3 Å². The second kappa shape index (κ2) is 14.6. The predicted octanol–water partition coefficient (Wildman–Crippen LogP) is 5.57. The largest absolute Gasteiger partial charge is 0.496 e. The molecule has 0 unspecified atom stereocenters. The van der Waals surface area contributed by atoms with Crippen molar-refractivity contribution in [2.45, 2.75) is 64.8 Å². The minimum atomic E-state index is -0.931. The van der Waals surface area contributed by atoms with Crippen molar-refractivity contribution >= 4 is 34.2 Å². The molecule has 3 aromatic rings. The van der Waals surface area contributed by atoms with E-state index in [1.807, 2.05) is 38.1 Å². The molecule has 0 spiro atoms. The third kappa shape index (κ3) is 8.31. The van der Waals surface area contributed by atoms with Crippen LogP contribution in [0.2, 0.25) is 0 Å². The van der Waals surface area contributed by atoms with Gasteiger partial charge in [-0.15, -0.1) is 0 Å². The molecule has 1 aromatic heterocycles. The third-order valence-corrected chi connectivity index (χ3v) is 7.97. The van der Waals surface area contributed by atoms with E-state index < -0.39 is 17.9 Å². The Morgan fingerprint density at radius 1 is 1.12 bits per heavy atom. The van der Waals surface area contributed by atoms with Crippen LogP contribution in [0.1, 0.15) is 74.8 Å². The summed E-state index contributed by atoms with van der Waals surface area (Å²) in [6, 6.07) is 14.7. The van der Waals surface area contributed by atoms with Crippen LogP contribution in [-0.2, 0) is 14.4 Å². The molecule has 4 rings (SSSR count). The van der Waals surface area contributed by atoms with Gasteiger partial charge in [0.15, 0.2) is 11.6 Å². The molecular formula is C34H39N3O6. The summed E-state index contributed by atoms with van der Waals surface area (Å²) in [5, 5.41) is 12.7. The SMILES string of the molecule is COc1cccc2[nH]c(C(=O)C[C@@H](CC(C)C)C(=O)N[C@@H](C[C@@H]3CCCCC3=O)C(=O)COc3ccc(C#N)cc3)cc12. The van der Waals surface area contributed by atoms with Gasteiger partial charge in [0, 0.05) is 35.6 Å². The summed E-state index contributed by atoms with van der Waals surface area (Å²) in [5.41, 5.74) is 1.62. The lowest BCUT2D eigenvalue weighted by Crippen LogP contribution is -2.47. The lowest BCUT2D eigenvalue weighted by atomic mass is 9.82. The number of H-pyrrole nitrogens is 1. The molecule has 1 aliphatic carbocycles. The molecule has 0 radical (unpaired) electrons. The molecule has 0 saturated heterocycles. The minimum absolute atomic E-state index is 0.0375. The first kappa shape index (κ1) is 31.5. The standard InChI is InChI=1S/C34H39N3O6/c1-21(2)15-24(17-31(39)29-18-26-27(36-29)8-6-10-33(26)42-3)34(41)37-28(16-23-7-4-5-9-30(23)38)32(40)20-43-25-13-11-22(19-35)12-14-25/h6,8,10-14,18,21,23-24,28,36H,4-5,7,9,15-17,20H2,1-3H3,(H,37,41)/t23-,24+,28-/m0/s1. The number of aromatic amines is 1. The number of Topliss-reactive ketones (excluding diaryl/α,β-unsaturated/α-hetero) is 3. The van der Waals surface area contributed by atoms with Gasteiger partial charge in [-0.25, -0.2) is 0 Å². The number of carbonyl (C=O) groups excluding carboxylic acids is 4. The second-order valence-electron chi connectivity index (χ2n) is 11.7. The maximum Gasteiger partial charge on any atom is 0.224 e. The smallest absolute Gasteiger partial charge is 0.224 e. The normalized spacial score (nSPS) is 16.3. The van der Waals surface area contributed by atoms with Crippen LogP contribution >= 0.6 is 0 Å². The fourth-order valence-corrected chi connectivity index (χ4v) is 5.67. The number of ketones is 3. The summed E-state index contributed by atoms with van der Waals surface area (Å²) in [4.78, 5) is 56.3. The van der Waals surface area contributed by atoms with Gasteiger partial charge in [0.2, 0.25) is 5.91 Å². The topological polar surface area (TPSA) is 138 Å². The Morgan fingerprint density at radius 3 is 2.56 bits per heavy atom. The highest BCUT2D eigenvalue weighted by atomic mass is 16.5. The number of amides is 1. The lowest BCUT2D eigenvalue weighted by Gasteiger charge is -2.27. The summed E-state index contributed by atoms with van der Waals surface area (Å²) in [7, 11) is 1.57. The zero-order valence-electron chi connectivity index (χ0n) is 25.0. The van der Waals surface area contributed by atoms with Crippen LogP contribution in [0.4, 0.5) is 0 Å². The van der Waals surface area contributed by atoms with Gasteiger partial charge < -0.3 is 19.8 Å². The number of fused-ring (bicyclic) bond motifs is 1. The summed E-state index contributed by atoms with van der Waals surface area (Å²) in [5.74, 6) is -0.648. The highest BCUT2D eigenvalue weighted by molar-refractivity contribution is 6.02. The van der Waals surface area contributed by atoms with Crippen molar-refractivity contribution in [3.05, 3.63) is 59.8 Å². The zero-order valence-corrected chi connectivity index (χ0v) is 25.0. The number of nitriles is 1. The second-order valence-corrected chi connectivity index (χ2v) is 11.7. The zero-order chi connectivity index (χ0) is 30.9. The van der Waals surface area contributed by atoms with Gasteiger partial charge in [-0.3, -0.25) is 19.2 Å². The van der Waals surface area contributed by atoms with Gasteiger partial charge in [0.1, 0.15) is 23.9 Å². The molecule has 1 amide bonds. The molecule has 226 valence electrons. The van der Waals surface area contributed by atoms with E-state index in [-0.39, 0.29) is 48.6 Å². The van der Waals surface area contributed by atoms with Crippen LogP contribution in [0.15, 0.2) is 48.5 Å². The fraction of sp³-hybridized carbons (Fsp3) is 0.441. The Balaban J connectivity index is 1.50. The van der Waals surface area contributed by atoms with Crippen LogP contribution in [0, 0.1) is 29.1 Å². The highest BCUT2D eigenvalue weighted by Crippen LogP contribution is 2.29. The summed E-state index contributed by atoms with van der Waals surface area (Å²) < 4.78 is 11.1. The molecule has 43 heavy (non-hydrogen) atoms.